The molecule has 0 fully saturated rings. The zero-order chi connectivity index (χ0) is 41.0. The fraction of sp³-hybridized carbons (Fsp3) is 0. The fourth-order valence-electron chi connectivity index (χ4n) is 9.49. The van der Waals surface area contributed by atoms with Crippen LogP contribution in [0.1, 0.15) is 0 Å². The number of nitrogens with zero attached hydrogens (tertiary/aromatic N) is 3. The van der Waals surface area contributed by atoms with Gasteiger partial charge in [0.05, 0.1) is 0 Å². The predicted molar refractivity (Wildman–Crippen MR) is 257 cm³/mol. The van der Waals surface area contributed by atoms with Gasteiger partial charge in [0.15, 0.2) is 17.5 Å². The summed E-state index contributed by atoms with van der Waals surface area (Å²) in [4.78, 5) is 14.9. The van der Waals surface area contributed by atoms with E-state index in [2.05, 4.69) is 164 Å². The molecule has 0 spiro atoms. The van der Waals surface area contributed by atoms with Gasteiger partial charge in [0.25, 0.3) is 0 Å². The van der Waals surface area contributed by atoms with Crippen LogP contribution in [-0.2, 0) is 0 Å². The van der Waals surface area contributed by atoms with E-state index in [1.165, 1.54) is 82.7 Å². The van der Waals surface area contributed by atoms with Crippen molar-refractivity contribution < 1.29 is 0 Å². The number of hydrogen-bond acceptors (Lipinski definition) is 3. The van der Waals surface area contributed by atoms with Crippen LogP contribution < -0.4 is 0 Å². The zero-order valence-corrected chi connectivity index (χ0v) is 33.7. The van der Waals surface area contributed by atoms with E-state index in [4.69, 9.17) is 15.0 Å². The number of rotatable bonds is 5. The quantitative estimate of drug-likeness (QED) is 0.163. The molecule has 1 aliphatic rings. The van der Waals surface area contributed by atoms with Gasteiger partial charge in [0, 0.05) is 16.7 Å². The summed E-state index contributed by atoms with van der Waals surface area (Å²) in [5.74, 6) is 1.94. The third kappa shape index (κ3) is 5.94. The van der Waals surface area contributed by atoms with E-state index in [9.17, 15) is 0 Å². The molecule has 11 aromatic rings. The average Bonchev–Trinajstić information content (AvgIpc) is 3.35. The number of benzene rings is 10. The molecule has 1 heterocycles. The second-order valence-corrected chi connectivity index (χ2v) is 15.9. The third-order valence-electron chi connectivity index (χ3n) is 12.3. The maximum Gasteiger partial charge on any atom is 0.164 e. The molecule has 288 valence electrons. The van der Waals surface area contributed by atoms with E-state index >= 15 is 0 Å². The van der Waals surface area contributed by atoms with Gasteiger partial charge in [-0.05, 0) is 94.4 Å². The predicted octanol–water partition coefficient (Wildman–Crippen LogP) is 15.5. The Balaban J connectivity index is 1.03. The third-order valence-corrected chi connectivity index (χ3v) is 12.3. The van der Waals surface area contributed by atoms with Crippen molar-refractivity contribution in [2.45, 2.75) is 0 Å². The summed E-state index contributed by atoms with van der Waals surface area (Å²) in [5.41, 5.74) is 17.6. The second-order valence-electron chi connectivity index (χ2n) is 15.9. The van der Waals surface area contributed by atoms with E-state index in [1.807, 2.05) is 60.7 Å². The molecule has 1 aliphatic carbocycles. The molecule has 62 heavy (non-hydrogen) atoms. The standard InChI is InChI=1S/C59H37N3/c1-3-17-39(18-4-1)57-60-58(40-19-5-2-6-20-40)62-59(61-57)41-33-31-38(32-34-41)55-50-27-13-15-29-52(50)56(53-30-16-14-28-51(53)55)42-35-36-49-47-25-10-9-23-45(47)43-21-7-8-22-44(43)46-24-11-12-26-48(46)54(49)37-42/h1-37H. The molecular formula is C59H37N3. The van der Waals surface area contributed by atoms with Crippen LogP contribution in [0.3, 0.4) is 0 Å². The molecule has 0 saturated carbocycles. The lowest BCUT2D eigenvalue weighted by Gasteiger charge is -2.24. The van der Waals surface area contributed by atoms with Crippen LogP contribution in [0.25, 0.3) is 122 Å². The highest BCUT2D eigenvalue weighted by atomic mass is 15.0. The summed E-state index contributed by atoms with van der Waals surface area (Å²) < 4.78 is 0. The molecule has 0 bridgehead atoms. The fourth-order valence-corrected chi connectivity index (χ4v) is 9.49. The summed E-state index contributed by atoms with van der Waals surface area (Å²) in [7, 11) is 0. The van der Waals surface area contributed by atoms with Crippen molar-refractivity contribution in [3.63, 3.8) is 0 Å². The van der Waals surface area contributed by atoms with Crippen molar-refractivity contribution in [1.29, 1.82) is 0 Å². The molecule has 3 heteroatoms. The molecule has 0 radical (unpaired) electrons. The first-order chi connectivity index (χ1) is 30.8. The highest BCUT2D eigenvalue weighted by molar-refractivity contribution is 6.22. The summed E-state index contributed by atoms with van der Waals surface area (Å²) >= 11 is 0. The van der Waals surface area contributed by atoms with Crippen molar-refractivity contribution in [1.82, 2.24) is 15.0 Å². The number of aromatic nitrogens is 3. The van der Waals surface area contributed by atoms with E-state index in [0.29, 0.717) is 17.5 Å². The van der Waals surface area contributed by atoms with Crippen molar-refractivity contribution in [3.05, 3.63) is 224 Å². The molecule has 3 nitrogen and oxygen atoms in total. The molecule has 10 aromatic carbocycles. The van der Waals surface area contributed by atoms with Gasteiger partial charge in [-0.15, -0.1) is 0 Å². The Labute approximate surface area is 360 Å². The summed E-state index contributed by atoms with van der Waals surface area (Å²) in [6, 6.07) is 80.4. The Morgan fingerprint density at radius 1 is 0.194 bits per heavy atom. The molecule has 0 aliphatic heterocycles. The summed E-state index contributed by atoms with van der Waals surface area (Å²) in [5, 5.41) is 4.84. The average molecular weight is 788 g/mol. The summed E-state index contributed by atoms with van der Waals surface area (Å²) in [6.45, 7) is 0. The largest absolute Gasteiger partial charge is 0.208 e. The monoisotopic (exact) mass is 787 g/mol. The smallest absolute Gasteiger partial charge is 0.164 e. The van der Waals surface area contributed by atoms with Crippen LogP contribution in [-0.4, -0.2) is 15.0 Å². The molecule has 0 N–H and O–H groups in total. The summed E-state index contributed by atoms with van der Waals surface area (Å²) in [6.07, 6.45) is 0. The lowest BCUT2D eigenvalue weighted by atomic mass is 9.79. The molecule has 12 rings (SSSR count). The molecular weight excluding hydrogens is 751 g/mol. The Hall–Kier alpha value is -8.27. The van der Waals surface area contributed by atoms with Gasteiger partial charge >= 0.3 is 0 Å². The van der Waals surface area contributed by atoms with E-state index in [-0.39, 0.29) is 0 Å². The van der Waals surface area contributed by atoms with Crippen molar-refractivity contribution in [2.24, 2.45) is 0 Å². The normalized spacial score (nSPS) is 11.5. The Kier molecular flexibility index (Phi) is 8.50. The highest BCUT2D eigenvalue weighted by Crippen LogP contribution is 2.50. The van der Waals surface area contributed by atoms with Crippen molar-refractivity contribution in [2.75, 3.05) is 0 Å². The molecule has 0 unspecified atom stereocenters. The topological polar surface area (TPSA) is 38.7 Å². The maximum atomic E-state index is 5.00. The first-order valence-electron chi connectivity index (χ1n) is 21.1. The SMILES string of the molecule is c1ccc(-c2nc(-c3ccccc3)nc(-c3ccc(-c4c5ccccc5c(-c5ccc6c(c5)-c5ccccc5-c5ccccc5-c5ccccc5-6)c5ccccc45)cc3)n2)cc1. The molecule has 0 saturated heterocycles. The first kappa shape index (κ1) is 35.7. The molecule has 0 amide bonds. The van der Waals surface area contributed by atoms with Crippen molar-refractivity contribution in [3.8, 4) is 101 Å². The minimum Gasteiger partial charge on any atom is -0.208 e. The minimum atomic E-state index is 0.640. The second kappa shape index (κ2) is 14.8. The van der Waals surface area contributed by atoms with E-state index in [1.54, 1.807) is 0 Å². The maximum absolute atomic E-state index is 5.00. The molecule has 0 atom stereocenters. The highest BCUT2D eigenvalue weighted by Gasteiger charge is 2.24. The number of fused-ring (bicyclic) bond motifs is 10. The minimum absolute atomic E-state index is 0.640. The number of hydrogen-bond donors (Lipinski definition) is 0. The van der Waals surface area contributed by atoms with Gasteiger partial charge in [-0.25, -0.2) is 15.0 Å². The van der Waals surface area contributed by atoms with Crippen LogP contribution in [0.15, 0.2) is 224 Å². The lowest BCUT2D eigenvalue weighted by molar-refractivity contribution is 1.07. The molecule has 1 aromatic heterocycles. The van der Waals surface area contributed by atoms with E-state index in [0.717, 1.165) is 22.3 Å². The van der Waals surface area contributed by atoms with Crippen LogP contribution >= 0.6 is 0 Å². The van der Waals surface area contributed by atoms with Crippen molar-refractivity contribution >= 4 is 21.5 Å². The Morgan fingerprint density at radius 3 is 0.871 bits per heavy atom. The van der Waals surface area contributed by atoms with Crippen LogP contribution in [0.2, 0.25) is 0 Å². The first-order valence-corrected chi connectivity index (χ1v) is 21.1. The Bertz CT molecular complexity index is 3380. The van der Waals surface area contributed by atoms with Gasteiger partial charge in [0.2, 0.25) is 0 Å². The van der Waals surface area contributed by atoms with Crippen LogP contribution in [0.4, 0.5) is 0 Å². The van der Waals surface area contributed by atoms with Gasteiger partial charge in [-0.3, -0.25) is 0 Å². The van der Waals surface area contributed by atoms with Crippen LogP contribution in [0, 0.1) is 0 Å². The van der Waals surface area contributed by atoms with Gasteiger partial charge in [0.1, 0.15) is 0 Å². The van der Waals surface area contributed by atoms with Gasteiger partial charge in [-0.1, -0.05) is 218 Å². The zero-order valence-electron chi connectivity index (χ0n) is 33.7. The Morgan fingerprint density at radius 2 is 0.468 bits per heavy atom. The lowest BCUT2D eigenvalue weighted by Crippen LogP contribution is -2.00. The van der Waals surface area contributed by atoms with Gasteiger partial charge < -0.3 is 0 Å². The van der Waals surface area contributed by atoms with Gasteiger partial charge in [-0.2, -0.15) is 0 Å². The van der Waals surface area contributed by atoms with Crippen LogP contribution in [0.5, 0.6) is 0 Å². The van der Waals surface area contributed by atoms with E-state index < -0.39 is 0 Å².